The van der Waals surface area contributed by atoms with Crippen LogP contribution in [0.5, 0.6) is 0 Å². The molecule has 0 spiro atoms. The highest BCUT2D eigenvalue weighted by atomic mass is 31.3. The zero-order valence-electron chi connectivity index (χ0n) is 9.50. The van der Waals surface area contributed by atoms with Crippen molar-refractivity contribution in [2.24, 2.45) is 11.5 Å². The van der Waals surface area contributed by atoms with Gasteiger partial charge in [-0.05, 0) is 0 Å². The van der Waals surface area contributed by atoms with E-state index in [0.717, 1.165) is 0 Å². The zero-order valence-corrected chi connectivity index (χ0v) is 11.3. The number of rotatable bonds is 5. The van der Waals surface area contributed by atoms with Crippen molar-refractivity contribution in [2.45, 2.75) is 0 Å². The Hall–Kier alpha value is 0.260. The van der Waals surface area contributed by atoms with Crippen LogP contribution < -0.4 is 11.5 Å². The van der Waals surface area contributed by atoms with Gasteiger partial charge in [0.1, 0.15) is 0 Å². The molecule has 0 aromatic rings. The molecule has 0 fully saturated rings. The van der Waals surface area contributed by atoms with E-state index in [2.05, 4.69) is 13.4 Å². The van der Waals surface area contributed by atoms with Crippen LogP contribution >= 0.6 is 15.2 Å². The lowest BCUT2D eigenvalue weighted by Gasteiger charge is -2.15. The maximum Gasteiger partial charge on any atom is 0.334 e. The molecule has 0 aliphatic carbocycles. The summed E-state index contributed by atoms with van der Waals surface area (Å²) in [5.74, 6) is 0. The summed E-state index contributed by atoms with van der Waals surface area (Å²) < 4.78 is 35.6. The number of hydrogen-bond acceptors (Lipinski definition) is 7. The van der Waals surface area contributed by atoms with E-state index < -0.39 is 15.2 Å². The second kappa shape index (κ2) is 8.42. The van der Waals surface area contributed by atoms with Gasteiger partial charge in [0.2, 0.25) is 0 Å². The van der Waals surface area contributed by atoms with Gasteiger partial charge in [-0.3, -0.25) is 9.13 Å². The molecule has 15 heavy (non-hydrogen) atoms. The molecule has 4 N–H and O–H groups in total. The highest BCUT2D eigenvalue weighted by Gasteiger charge is 2.26. The van der Waals surface area contributed by atoms with E-state index in [4.69, 9.17) is 11.5 Å². The smallest absolute Gasteiger partial charge is 0.329 e. The lowest BCUT2D eigenvalue weighted by Crippen LogP contribution is -2.11. The van der Waals surface area contributed by atoms with E-state index in [1.807, 2.05) is 0 Å². The molecule has 0 aliphatic rings. The van der Waals surface area contributed by atoms with E-state index in [1.165, 1.54) is 27.5 Å². The van der Waals surface area contributed by atoms with Gasteiger partial charge in [-0.1, -0.05) is 0 Å². The fourth-order valence-electron chi connectivity index (χ4n) is 0.336. The van der Waals surface area contributed by atoms with Crippen LogP contribution in [0.1, 0.15) is 0 Å². The molecule has 9 heteroatoms. The SMILES string of the molecule is COP(C)(=O)OP(C)(=O)OC.NCCN. The molecule has 2 atom stereocenters. The van der Waals surface area contributed by atoms with Crippen LogP contribution in [-0.2, 0) is 22.5 Å². The van der Waals surface area contributed by atoms with Crippen LogP contribution in [0, 0.1) is 0 Å². The molecule has 0 bridgehead atoms. The molecular weight excluding hydrogens is 242 g/mol. The van der Waals surface area contributed by atoms with Gasteiger partial charge in [-0.2, -0.15) is 0 Å². The van der Waals surface area contributed by atoms with Gasteiger partial charge in [0.15, 0.2) is 0 Å². The van der Waals surface area contributed by atoms with Crippen molar-refractivity contribution in [2.75, 3.05) is 40.6 Å². The molecule has 0 amide bonds. The first-order valence-corrected chi connectivity index (χ1v) is 8.10. The van der Waals surface area contributed by atoms with Crippen LogP contribution in [0.3, 0.4) is 0 Å². The topological polar surface area (TPSA) is 114 Å². The molecule has 94 valence electrons. The molecule has 7 nitrogen and oxygen atoms in total. The van der Waals surface area contributed by atoms with E-state index >= 15 is 0 Å². The summed E-state index contributed by atoms with van der Waals surface area (Å²) in [4.78, 5) is 0. The van der Waals surface area contributed by atoms with Gasteiger partial charge in [0.25, 0.3) is 0 Å². The molecule has 0 radical (unpaired) electrons. The largest absolute Gasteiger partial charge is 0.334 e. The standard InChI is InChI=1S/C4H12O5P2.C2H8N2/c1-7-10(3,5)9-11(4,6)8-2;3-1-2-4/h1-4H3;1-4H2. The highest BCUT2D eigenvalue weighted by Crippen LogP contribution is 2.60. The first kappa shape index (κ1) is 17.6. The van der Waals surface area contributed by atoms with Gasteiger partial charge in [-0.25, -0.2) is 4.31 Å². The molecule has 0 saturated heterocycles. The van der Waals surface area contributed by atoms with E-state index in [0.29, 0.717) is 13.1 Å². The third kappa shape index (κ3) is 12.2. The van der Waals surface area contributed by atoms with Crippen molar-refractivity contribution in [3.63, 3.8) is 0 Å². The summed E-state index contributed by atoms with van der Waals surface area (Å²) in [5, 5.41) is 0. The van der Waals surface area contributed by atoms with Crippen molar-refractivity contribution in [1.29, 1.82) is 0 Å². The summed E-state index contributed by atoms with van der Waals surface area (Å²) in [6, 6.07) is 0. The third-order valence-electron chi connectivity index (χ3n) is 1.13. The lowest BCUT2D eigenvalue weighted by molar-refractivity contribution is 0.284. The minimum atomic E-state index is -3.20. The Morgan fingerprint density at radius 3 is 1.33 bits per heavy atom. The Kier molecular flexibility index (Phi) is 9.90. The Balaban J connectivity index is 0. The second-order valence-corrected chi connectivity index (χ2v) is 7.04. The van der Waals surface area contributed by atoms with Gasteiger partial charge in [0.05, 0.1) is 0 Å². The third-order valence-corrected chi connectivity index (χ3v) is 4.83. The van der Waals surface area contributed by atoms with Crippen LogP contribution in [0.25, 0.3) is 0 Å². The quantitative estimate of drug-likeness (QED) is 0.705. The van der Waals surface area contributed by atoms with Crippen LogP contribution in [0.15, 0.2) is 0 Å². The average Bonchev–Trinajstić information content (AvgIpc) is 2.17. The Bertz CT molecular complexity index is 224. The predicted octanol–water partition coefficient (Wildman–Crippen LogP) is 0.845. The van der Waals surface area contributed by atoms with E-state index in [-0.39, 0.29) is 0 Å². The van der Waals surface area contributed by atoms with Crippen LogP contribution in [0.2, 0.25) is 0 Å². The molecule has 2 unspecified atom stereocenters. The Labute approximate surface area is 90.5 Å². The molecule has 0 aromatic carbocycles. The van der Waals surface area contributed by atoms with E-state index in [1.54, 1.807) is 0 Å². The van der Waals surface area contributed by atoms with Crippen LogP contribution in [0.4, 0.5) is 0 Å². The molecule has 0 saturated carbocycles. The summed E-state index contributed by atoms with van der Waals surface area (Å²) in [7, 11) is -3.96. The lowest BCUT2D eigenvalue weighted by atomic mass is 10.7. The fourth-order valence-corrected chi connectivity index (χ4v) is 3.02. The second-order valence-electron chi connectivity index (χ2n) is 2.57. The highest BCUT2D eigenvalue weighted by molar-refractivity contribution is 7.66. The summed E-state index contributed by atoms with van der Waals surface area (Å²) in [5.41, 5.74) is 9.81. The average molecular weight is 262 g/mol. The van der Waals surface area contributed by atoms with Gasteiger partial charge >= 0.3 is 15.2 Å². The molecule has 0 aliphatic heterocycles. The Morgan fingerprint density at radius 1 is 0.933 bits per heavy atom. The Morgan fingerprint density at radius 2 is 1.20 bits per heavy atom. The predicted molar refractivity (Wildman–Crippen MR) is 60.3 cm³/mol. The van der Waals surface area contributed by atoms with Crippen LogP contribution in [-0.4, -0.2) is 40.6 Å². The van der Waals surface area contributed by atoms with E-state index in [9.17, 15) is 9.13 Å². The summed E-state index contributed by atoms with van der Waals surface area (Å²) in [6.07, 6.45) is 0. The maximum atomic E-state index is 11.1. The normalized spacial score (nSPS) is 18.3. The number of hydrogen-bond donors (Lipinski definition) is 2. The monoisotopic (exact) mass is 262 g/mol. The van der Waals surface area contributed by atoms with Gasteiger partial charge in [0, 0.05) is 40.6 Å². The van der Waals surface area contributed by atoms with Crippen molar-refractivity contribution >= 4 is 15.2 Å². The first-order chi connectivity index (χ1) is 6.74. The zero-order chi connectivity index (χ0) is 12.5. The molecule has 0 rings (SSSR count). The van der Waals surface area contributed by atoms with Gasteiger partial charge < -0.3 is 20.5 Å². The van der Waals surface area contributed by atoms with Crippen molar-refractivity contribution < 1.29 is 22.5 Å². The fraction of sp³-hybridized carbons (Fsp3) is 1.00. The van der Waals surface area contributed by atoms with Crippen molar-refractivity contribution in [3.8, 4) is 0 Å². The molecular formula is C6H20N2O5P2. The molecule has 0 aromatic heterocycles. The van der Waals surface area contributed by atoms with Gasteiger partial charge in [-0.15, -0.1) is 0 Å². The first-order valence-electron chi connectivity index (χ1n) is 4.12. The minimum absolute atomic E-state index is 0.597. The van der Waals surface area contributed by atoms with Crippen molar-refractivity contribution in [3.05, 3.63) is 0 Å². The summed E-state index contributed by atoms with van der Waals surface area (Å²) >= 11 is 0. The minimum Gasteiger partial charge on any atom is -0.329 e. The number of nitrogens with two attached hydrogens (primary N) is 2. The van der Waals surface area contributed by atoms with Crippen molar-refractivity contribution in [1.82, 2.24) is 0 Å². The molecule has 0 heterocycles. The maximum absolute atomic E-state index is 11.1. The summed E-state index contributed by atoms with van der Waals surface area (Å²) in [6.45, 7) is 3.64.